The highest BCUT2D eigenvalue weighted by Gasteiger charge is 2.14. The third-order valence-electron chi connectivity index (χ3n) is 4.61. The average Bonchev–Trinajstić information content (AvgIpc) is 2.88. The van der Waals surface area contributed by atoms with Crippen molar-refractivity contribution in [3.63, 3.8) is 0 Å². The first-order chi connectivity index (χ1) is 16.7. The standard InChI is InChI=1S/C28H27N3O3/c1-2-20-34-25-17-15-23(16-18-25)21-26(30-27(32)24-13-7-4-8-14-24)28(33)31-29-19-9-12-22-10-5-3-6-11-22/h3-19,21H,2,20H2,1H3,(H,30,32)(H,31,33). The number of hydrogen-bond donors (Lipinski definition) is 2. The van der Waals surface area contributed by atoms with Crippen LogP contribution in [0.25, 0.3) is 12.2 Å². The van der Waals surface area contributed by atoms with E-state index >= 15 is 0 Å². The lowest BCUT2D eigenvalue weighted by atomic mass is 10.1. The second kappa shape index (κ2) is 13.2. The zero-order valence-electron chi connectivity index (χ0n) is 19.0. The van der Waals surface area contributed by atoms with Gasteiger partial charge in [0.1, 0.15) is 11.4 Å². The first-order valence-corrected chi connectivity index (χ1v) is 11.0. The fraction of sp³-hybridized carbons (Fsp3) is 0.107. The van der Waals surface area contributed by atoms with Crippen molar-refractivity contribution in [1.82, 2.24) is 10.7 Å². The van der Waals surface area contributed by atoms with Crippen molar-refractivity contribution in [3.8, 4) is 5.75 Å². The summed E-state index contributed by atoms with van der Waals surface area (Å²) in [6.45, 7) is 2.67. The molecule has 6 heteroatoms. The number of rotatable bonds is 10. The van der Waals surface area contributed by atoms with E-state index in [-0.39, 0.29) is 5.70 Å². The molecule has 2 amide bonds. The molecule has 0 radical (unpaired) electrons. The van der Waals surface area contributed by atoms with Crippen LogP contribution >= 0.6 is 0 Å². The van der Waals surface area contributed by atoms with Gasteiger partial charge in [-0.15, -0.1) is 0 Å². The summed E-state index contributed by atoms with van der Waals surface area (Å²) in [5, 5.41) is 6.64. The maximum atomic E-state index is 12.8. The molecule has 0 atom stereocenters. The second-order valence-corrected chi connectivity index (χ2v) is 7.28. The van der Waals surface area contributed by atoms with Gasteiger partial charge in [-0.05, 0) is 54.0 Å². The number of amides is 2. The zero-order valence-corrected chi connectivity index (χ0v) is 19.0. The Hall–Kier alpha value is -4.45. The lowest BCUT2D eigenvalue weighted by molar-refractivity contribution is -0.117. The van der Waals surface area contributed by atoms with E-state index in [9.17, 15) is 9.59 Å². The van der Waals surface area contributed by atoms with Gasteiger partial charge in [-0.3, -0.25) is 9.59 Å². The van der Waals surface area contributed by atoms with E-state index < -0.39 is 11.8 Å². The molecule has 0 aliphatic rings. The predicted octanol–water partition coefficient (Wildman–Crippen LogP) is 5.06. The van der Waals surface area contributed by atoms with Crippen LogP contribution in [0, 0.1) is 0 Å². The minimum absolute atomic E-state index is 0.0697. The quantitative estimate of drug-likeness (QED) is 0.256. The van der Waals surface area contributed by atoms with Crippen LogP contribution in [0.15, 0.2) is 102 Å². The van der Waals surface area contributed by atoms with Crippen LogP contribution in [0.5, 0.6) is 5.75 Å². The fourth-order valence-corrected chi connectivity index (χ4v) is 2.91. The van der Waals surface area contributed by atoms with Crippen LogP contribution in [-0.4, -0.2) is 24.6 Å². The number of benzene rings is 3. The average molecular weight is 454 g/mol. The lowest BCUT2D eigenvalue weighted by Gasteiger charge is -2.09. The molecule has 3 aromatic carbocycles. The van der Waals surface area contributed by atoms with Gasteiger partial charge in [-0.25, -0.2) is 5.43 Å². The molecule has 0 saturated heterocycles. The highest BCUT2D eigenvalue weighted by molar-refractivity contribution is 6.05. The first-order valence-electron chi connectivity index (χ1n) is 11.0. The summed E-state index contributed by atoms with van der Waals surface area (Å²) < 4.78 is 5.60. The summed E-state index contributed by atoms with van der Waals surface area (Å²) in [5.74, 6) is -0.189. The molecule has 172 valence electrons. The van der Waals surface area contributed by atoms with E-state index in [1.807, 2.05) is 73.7 Å². The molecule has 0 aliphatic carbocycles. The van der Waals surface area contributed by atoms with Crippen LogP contribution in [-0.2, 0) is 4.79 Å². The van der Waals surface area contributed by atoms with Gasteiger partial charge in [-0.2, -0.15) is 5.10 Å². The minimum atomic E-state index is -0.542. The highest BCUT2D eigenvalue weighted by Crippen LogP contribution is 2.15. The molecule has 0 aromatic heterocycles. The number of carbonyl (C=O) groups excluding carboxylic acids is 2. The topological polar surface area (TPSA) is 79.8 Å². The molecule has 34 heavy (non-hydrogen) atoms. The van der Waals surface area contributed by atoms with Crippen LogP contribution in [0.3, 0.4) is 0 Å². The van der Waals surface area contributed by atoms with E-state index in [1.165, 1.54) is 6.21 Å². The lowest BCUT2D eigenvalue weighted by Crippen LogP contribution is -2.32. The van der Waals surface area contributed by atoms with Crippen LogP contribution in [0.2, 0.25) is 0 Å². The maximum absolute atomic E-state index is 12.8. The SMILES string of the molecule is CCCOc1ccc(C=C(NC(=O)c2ccccc2)C(=O)NN=CC=Cc2ccccc2)cc1. The number of nitrogens with one attached hydrogen (secondary N) is 2. The molecule has 0 fully saturated rings. The van der Waals surface area contributed by atoms with E-state index in [0.29, 0.717) is 12.2 Å². The summed E-state index contributed by atoms with van der Waals surface area (Å²) in [6, 6.07) is 25.7. The maximum Gasteiger partial charge on any atom is 0.287 e. The van der Waals surface area contributed by atoms with Crippen LogP contribution in [0.4, 0.5) is 0 Å². The van der Waals surface area contributed by atoms with Crippen LogP contribution < -0.4 is 15.5 Å². The summed E-state index contributed by atoms with van der Waals surface area (Å²) >= 11 is 0. The first kappa shape index (κ1) is 24.2. The van der Waals surface area contributed by atoms with Crippen molar-refractivity contribution in [3.05, 3.63) is 113 Å². The molecule has 0 saturated carbocycles. The minimum Gasteiger partial charge on any atom is -0.494 e. The van der Waals surface area contributed by atoms with Gasteiger partial charge in [0.15, 0.2) is 0 Å². The van der Waals surface area contributed by atoms with Crippen molar-refractivity contribution in [2.75, 3.05) is 6.61 Å². The molecule has 3 aromatic rings. The smallest absolute Gasteiger partial charge is 0.287 e. The Morgan fingerprint density at radius 1 is 0.882 bits per heavy atom. The number of allylic oxidation sites excluding steroid dienone is 1. The zero-order chi connectivity index (χ0) is 24.0. The Kier molecular flexibility index (Phi) is 9.38. The Morgan fingerprint density at radius 3 is 2.24 bits per heavy atom. The molecule has 6 nitrogen and oxygen atoms in total. The van der Waals surface area contributed by atoms with Gasteiger partial charge < -0.3 is 10.1 Å². The van der Waals surface area contributed by atoms with Crippen molar-refractivity contribution in [2.24, 2.45) is 5.10 Å². The van der Waals surface area contributed by atoms with Crippen molar-refractivity contribution >= 4 is 30.2 Å². The number of hydrogen-bond acceptors (Lipinski definition) is 4. The van der Waals surface area contributed by atoms with E-state index in [0.717, 1.165) is 23.3 Å². The second-order valence-electron chi connectivity index (χ2n) is 7.28. The molecule has 2 N–H and O–H groups in total. The third-order valence-corrected chi connectivity index (χ3v) is 4.61. The van der Waals surface area contributed by atoms with Crippen molar-refractivity contribution in [2.45, 2.75) is 13.3 Å². The summed E-state index contributed by atoms with van der Waals surface area (Å²) in [7, 11) is 0. The molecule has 0 heterocycles. The van der Waals surface area contributed by atoms with E-state index in [1.54, 1.807) is 36.4 Å². The summed E-state index contributed by atoms with van der Waals surface area (Å²) in [5.41, 5.74) is 4.72. The van der Waals surface area contributed by atoms with Gasteiger partial charge in [0.05, 0.1) is 6.61 Å². The monoisotopic (exact) mass is 453 g/mol. The summed E-state index contributed by atoms with van der Waals surface area (Å²) in [4.78, 5) is 25.5. The van der Waals surface area contributed by atoms with Gasteiger partial charge in [0, 0.05) is 11.8 Å². The molecular formula is C28H27N3O3. The van der Waals surface area contributed by atoms with Gasteiger partial charge >= 0.3 is 0 Å². The number of carbonyl (C=O) groups is 2. The molecule has 0 bridgehead atoms. The van der Waals surface area contributed by atoms with Crippen molar-refractivity contribution in [1.29, 1.82) is 0 Å². The normalized spacial score (nSPS) is 11.5. The van der Waals surface area contributed by atoms with Crippen LogP contribution in [0.1, 0.15) is 34.8 Å². The Labute approximate surface area is 199 Å². The Balaban J connectivity index is 1.72. The van der Waals surface area contributed by atoms with Gasteiger partial charge in [0.25, 0.3) is 11.8 Å². The number of ether oxygens (including phenoxy) is 1. The molecule has 0 spiro atoms. The van der Waals surface area contributed by atoms with Gasteiger partial charge in [0.2, 0.25) is 0 Å². The number of nitrogens with zero attached hydrogens (tertiary/aromatic N) is 1. The van der Waals surface area contributed by atoms with Gasteiger partial charge in [-0.1, -0.05) is 73.7 Å². The Bertz CT molecular complexity index is 1150. The predicted molar refractivity (Wildman–Crippen MR) is 136 cm³/mol. The Morgan fingerprint density at radius 2 is 1.56 bits per heavy atom. The van der Waals surface area contributed by atoms with E-state index in [2.05, 4.69) is 15.8 Å². The summed E-state index contributed by atoms with van der Waals surface area (Å²) in [6.07, 6.45) is 7.57. The van der Waals surface area contributed by atoms with E-state index in [4.69, 9.17) is 4.74 Å². The molecule has 0 aliphatic heterocycles. The molecule has 3 rings (SSSR count). The van der Waals surface area contributed by atoms with Crippen molar-refractivity contribution < 1.29 is 14.3 Å². The number of hydrazone groups is 1. The molecular weight excluding hydrogens is 426 g/mol. The fourth-order valence-electron chi connectivity index (χ4n) is 2.91. The largest absolute Gasteiger partial charge is 0.494 e. The molecule has 0 unspecified atom stereocenters. The highest BCUT2D eigenvalue weighted by atomic mass is 16.5. The third kappa shape index (κ3) is 7.91.